The first kappa shape index (κ1) is 15.6. The molecule has 0 saturated carbocycles. The number of nitrogens with one attached hydrogen (secondary N) is 1. The Morgan fingerprint density at radius 3 is 2.37 bits per heavy atom. The molecule has 1 N–H and O–H groups in total. The Hall–Kier alpha value is -1.44. The average molecular weight is 261 g/mol. The molecule has 106 valence electrons. The van der Waals surface area contributed by atoms with Crippen molar-refractivity contribution in [3.8, 4) is 5.75 Å². The number of allylic oxidation sites excluding steroid dienone is 1. The number of rotatable bonds is 9. The van der Waals surface area contributed by atoms with E-state index >= 15 is 0 Å². The van der Waals surface area contributed by atoms with Crippen molar-refractivity contribution in [2.75, 3.05) is 7.11 Å². The van der Waals surface area contributed by atoms with Crippen molar-refractivity contribution in [1.82, 2.24) is 5.32 Å². The Balaban J connectivity index is 2.27. The molecule has 0 saturated heterocycles. The molecule has 0 aliphatic carbocycles. The fraction of sp³-hybridized carbons (Fsp3) is 0.529. The smallest absolute Gasteiger partial charge is 0.118 e. The summed E-state index contributed by atoms with van der Waals surface area (Å²) in [4.78, 5) is 0. The monoisotopic (exact) mass is 261 g/mol. The number of ether oxygens (including phenoxy) is 1. The second-order valence-corrected chi connectivity index (χ2v) is 4.96. The average Bonchev–Trinajstić information content (AvgIpc) is 2.45. The van der Waals surface area contributed by atoms with Crippen molar-refractivity contribution >= 4 is 0 Å². The van der Waals surface area contributed by atoms with Crippen LogP contribution in [-0.2, 0) is 6.42 Å². The van der Waals surface area contributed by atoms with Crippen molar-refractivity contribution in [2.45, 2.75) is 52.0 Å². The Morgan fingerprint density at radius 2 is 1.84 bits per heavy atom. The lowest BCUT2D eigenvalue weighted by Crippen LogP contribution is -2.26. The predicted octanol–water partition coefficient (Wildman–Crippen LogP) is 4.31. The molecule has 0 bridgehead atoms. The largest absolute Gasteiger partial charge is 0.497 e. The molecule has 0 aliphatic rings. The summed E-state index contributed by atoms with van der Waals surface area (Å²) in [5.74, 6) is 0.920. The molecule has 0 spiro atoms. The number of benzene rings is 1. The zero-order valence-corrected chi connectivity index (χ0v) is 12.5. The van der Waals surface area contributed by atoms with Crippen LogP contribution in [0.1, 0.15) is 45.1 Å². The summed E-state index contributed by atoms with van der Waals surface area (Å²) in [5, 5.41) is 3.51. The van der Waals surface area contributed by atoms with Gasteiger partial charge in [0.1, 0.15) is 5.75 Å². The fourth-order valence-electron chi connectivity index (χ4n) is 2.15. The Morgan fingerprint density at radius 1 is 1.21 bits per heavy atom. The van der Waals surface area contributed by atoms with Gasteiger partial charge in [0.25, 0.3) is 0 Å². The minimum absolute atomic E-state index is 0.577. The van der Waals surface area contributed by atoms with Crippen molar-refractivity contribution in [1.29, 1.82) is 0 Å². The molecular formula is C17H27NO. The maximum Gasteiger partial charge on any atom is 0.118 e. The lowest BCUT2D eigenvalue weighted by Gasteiger charge is -2.18. The van der Waals surface area contributed by atoms with Crippen LogP contribution in [0, 0.1) is 0 Å². The number of hydrogen-bond donors (Lipinski definition) is 1. The van der Waals surface area contributed by atoms with E-state index in [4.69, 9.17) is 4.74 Å². The summed E-state index contributed by atoms with van der Waals surface area (Å²) >= 11 is 0. The summed E-state index contributed by atoms with van der Waals surface area (Å²) in [5.41, 5.74) is 2.53. The van der Waals surface area contributed by atoms with E-state index in [1.165, 1.54) is 11.3 Å². The summed E-state index contributed by atoms with van der Waals surface area (Å²) in [7, 11) is 1.70. The molecule has 0 aromatic heterocycles. The standard InChI is InChI=1S/C17H27NO/c1-5-16(6-2)18-14(3)8-7-9-15-10-12-17(19-4)13-11-15/h10-13,16,18H,3,5-9H2,1-2,4H3. The van der Waals surface area contributed by atoms with Gasteiger partial charge in [-0.25, -0.2) is 0 Å². The lowest BCUT2D eigenvalue weighted by atomic mass is 10.1. The Labute approximate surface area is 117 Å². The van der Waals surface area contributed by atoms with Crippen LogP contribution in [0.4, 0.5) is 0 Å². The molecule has 0 fully saturated rings. The first-order chi connectivity index (χ1) is 9.19. The van der Waals surface area contributed by atoms with E-state index < -0.39 is 0 Å². The third-order valence-electron chi connectivity index (χ3n) is 3.50. The van der Waals surface area contributed by atoms with E-state index in [1.54, 1.807) is 7.11 Å². The zero-order valence-electron chi connectivity index (χ0n) is 12.5. The van der Waals surface area contributed by atoms with E-state index in [2.05, 4.69) is 37.9 Å². The number of methoxy groups -OCH3 is 1. The lowest BCUT2D eigenvalue weighted by molar-refractivity contribution is 0.414. The fourth-order valence-corrected chi connectivity index (χ4v) is 2.15. The molecule has 0 amide bonds. The molecule has 19 heavy (non-hydrogen) atoms. The van der Waals surface area contributed by atoms with E-state index in [0.29, 0.717) is 6.04 Å². The van der Waals surface area contributed by atoms with Gasteiger partial charge in [0.05, 0.1) is 7.11 Å². The molecule has 1 aromatic carbocycles. The highest BCUT2D eigenvalue weighted by atomic mass is 16.5. The molecule has 0 radical (unpaired) electrons. The van der Waals surface area contributed by atoms with Gasteiger partial charge in [-0.15, -0.1) is 0 Å². The van der Waals surface area contributed by atoms with E-state index in [1.807, 2.05) is 12.1 Å². The Kier molecular flexibility index (Phi) is 7.09. The molecule has 2 heteroatoms. The number of hydrogen-bond acceptors (Lipinski definition) is 2. The van der Waals surface area contributed by atoms with Gasteiger partial charge < -0.3 is 10.1 Å². The molecule has 0 unspecified atom stereocenters. The minimum atomic E-state index is 0.577. The molecule has 1 aromatic rings. The minimum Gasteiger partial charge on any atom is -0.497 e. The molecular weight excluding hydrogens is 234 g/mol. The second-order valence-electron chi connectivity index (χ2n) is 4.96. The third kappa shape index (κ3) is 5.82. The van der Waals surface area contributed by atoms with Crippen LogP contribution >= 0.6 is 0 Å². The van der Waals surface area contributed by atoms with E-state index in [-0.39, 0.29) is 0 Å². The van der Waals surface area contributed by atoms with Crippen LogP contribution in [0.15, 0.2) is 36.5 Å². The first-order valence-electron chi connectivity index (χ1n) is 7.26. The molecule has 0 aliphatic heterocycles. The molecule has 0 heterocycles. The number of aryl methyl sites for hydroxylation is 1. The van der Waals surface area contributed by atoms with E-state index in [9.17, 15) is 0 Å². The predicted molar refractivity (Wildman–Crippen MR) is 82.6 cm³/mol. The highest BCUT2D eigenvalue weighted by Gasteiger charge is 2.03. The van der Waals surface area contributed by atoms with Crippen LogP contribution in [0.5, 0.6) is 5.75 Å². The Bertz CT molecular complexity index is 365. The summed E-state index contributed by atoms with van der Waals surface area (Å²) in [6.07, 6.45) is 5.59. The highest BCUT2D eigenvalue weighted by Crippen LogP contribution is 2.14. The van der Waals surface area contributed by atoms with Gasteiger partial charge in [-0.1, -0.05) is 32.6 Å². The van der Waals surface area contributed by atoms with Crippen LogP contribution in [-0.4, -0.2) is 13.2 Å². The maximum absolute atomic E-state index is 5.16. The third-order valence-corrected chi connectivity index (χ3v) is 3.50. The van der Waals surface area contributed by atoms with Crippen molar-refractivity contribution < 1.29 is 4.74 Å². The van der Waals surface area contributed by atoms with Crippen LogP contribution in [0.3, 0.4) is 0 Å². The summed E-state index contributed by atoms with van der Waals surface area (Å²) in [6.45, 7) is 8.55. The van der Waals surface area contributed by atoms with Gasteiger partial charge in [-0.2, -0.15) is 0 Å². The van der Waals surface area contributed by atoms with Crippen LogP contribution in [0.25, 0.3) is 0 Å². The molecule has 1 rings (SSSR count). The highest BCUT2D eigenvalue weighted by molar-refractivity contribution is 5.27. The van der Waals surface area contributed by atoms with Crippen LogP contribution < -0.4 is 10.1 Å². The zero-order chi connectivity index (χ0) is 14.1. The maximum atomic E-state index is 5.16. The first-order valence-corrected chi connectivity index (χ1v) is 7.26. The van der Waals surface area contributed by atoms with Gasteiger partial charge in [-0.05, 0) is 49.8 Å². The topological polar surface area (TPSA) is 21.3 Å². The van der Waals surface area contributed by atoms with Crippen molar-refractivity contribution in [3.05, 3.63) is 42.1 Å². The van der Waals surface area contributed by atoms with Gasteiger partial charge in [0.2, 0.25) is 0 Å². The van der Waals surface area contributed by atoms with Crippen molar-refractivity contribution in [2.24, 2.45) is 0 Å². The second kappa shape index (κ2) is 8.63. The quantitative estimate of drug-likeness (QED) is 0.715. The molecule has 2 nitrogen and oxygen atoms in total. The van der Waals surface area contributed by atoms with Crippen LogP contribution in [0.2, 0.25) is 0 Å². The SMILES string of the molecule is C=C(CCCc1ccc(OC)cc1)NC(CC)CC. The summed E-state index contributed by atoms with van der Waals surface area (Å²) in [6, 6.07) is 8.89. The van der Waals surface area contributed by atoms with Gasteiger partial charge in [0, 0.05) is 11.7 Å². The van der Waals surface area contributed by atoms with E-state index in [0.717, 1.165) is 37.9 Å². The van der Waals surface area contributed by atoms with Gasteiger partial charge >= 0.3 is 0 Å². The van der Waals surface area contributed by atoms with Gasteiger partial charge in [-0.3, -0.25) is 0 Å². The summed E-state index contributed by atoms with van der Waals surface area (Å²) < 4.78 is 5.16. The normalized spacial score (nSPS) is 10.5. The van der Waals surface area contributed by atoms with Crippen molar-refractivity contribution in [3.63, 3.8) is 0 Å². The van der Waals surface area contributed by atoms with Gasteiger partial charge in [0.15, 0.2) is 0 Å². The molecule has 0 atom stereocenters.